The van der Waals surface area contributed by atoms with Crippen LogP contribution in [0.25, 0.3) is 0 Å². The number of methoxy groups -OCH3 is 1. The molecule has 1 aliphatic carbocycles. The van der Waals surface area contributed by atoms with Crippen LogP contribution < -0.4 is 10.6 Å². The first-order valence-corrected chi connectivity index (χ1v) is 5.94. The van der Waals surface area contributed by atoms with Crippen LogP contribution in [0.2, 0.25) is 0 Å². The number of aliphatic hydroxyl groups is 1. The number of halogens is 1. The maximum absolute atomic E-state index is 9.91. The first kappa shape index (κ1) is 16.9. The van der Waals surface area contributed by atoms with Crippen LogP contribution in [0, 0.1) is 0 Å². The van der Waals surface area contributed by atoms with E-state index in [0.717, 1.165) is 38.3 Å². The van der Waals surface area contributed by atoms with Crippen molar-refractivity contribution in [1.82, 2.24) is 10.6 Å². The Morgan fingerprint density at radius 3 is 2.59 bits per heavy atom. The highest BCUT2D eigenvalue weighted by Gasteiger charge is 2.34. The summed E-state index contributed by atoms with van der Waals surface area (Å²) in [5.74, 6) is 0.750. The number of nitrogens with one attached hydrogen (secondary N) is 2. The number of hydrogen-bond donors (Lipinski definition) is 3. The lowest BCUT2D eigenvalue weighted by molar-refractivity contribution is -0.0236. The predicted octanol–water partition coefficient (Wildman–Crippen LogP) is 0.721. The average molecular weight is 357 g/mol. The SMILES string of the molecule is CCNC(=NCC1(O)CCC1)NCCOC.I. The molecule has 0 atom stereocenters. The van der Waals surface area contributed by atoms with Crippen LogP contribution in [0.4, 0.5) is 0 Å². The zero-order chi connectivity index (χ0) is 11.9. The fourth-order valence-electron chi connectivity index (χ4n) is 1.58. The Kier molecular flexibility index (Phi) is 8.89. The third-order valence-corrected chi connectivity index (χ3v) is 2.76. The normalized spacial score (nSPS) is 17.9. The number of guanidine groups is 1. The molecule has 102 valence electrons. The van der Waals surface area contributed by atoms with Crippen molar-refractivity contribution >= 4 is 29.9 Å². The molecule has 5 nitrogen and oxygen atoms in total. The molecule has 1 fully saturated rings. The van der Waals surface area contributed by atoms with E-state index in [-0.39, 0.29) is 24.0 Å². The molecule has 0 aromatic carbocycles. The minimum atomic E-state index is -0.552. The van der Waals surface area contributed by atoms with Crippen LogP contribution in [-0.4, -0.2) is 50.0 Å². The monoisotopic (exact) mass is 357 g/mol. The van der Waals surface area contributed by atoms with Gasteiger partial charge in [-0.3, -0.25) is 4.99 Å². The van der Waals surface area contributed by atoms with Crippen molar-refractivity contribution in [2.24, 2.45) is 4.99 Å². The van der Waals surface area contributed by atoms with Gasteiger partial charge >= 0.3 is 0 Å². The van der Waals surface area contributed by atoms with Crippen LogP contribution in [0.15, 0.2) is 4.99 Å². The summed E-state index contributed by atoms with van der Waals surface area (Å²) in [4.78, 5) is 4.37. The highest BCUT2D eigenvalue weighted by Crippen LogP contribution is 2.31. The van der Waals surface area contributed by atoms with Gasteiger partial charge in [0.25, 0.3) is 0 Å². The Morgan fingerprint density at radius 2 is 2.12 bits per heavy atom. The molecule has 0 heterocycles. The average Bonchev–Trinajstić information content (AvgIpc) is 2.23. The first-order chi connectivity index (χ1) is 7.70. The van der Waals surface area contributed by atoms with E-state index >= 15 is 0 Å². The number of ether oxygens (including phenoxy) is 1. The molecule has 0 spiro atoms. The molecule has 1 saturated carbocycles. The lowest BCUT2D eigenvalue weighted by atomic mass is 9.80. The Bertz CT molecular complexity index is 233. The Balaban J connectivity index is 0.00000256. The van der Waals surface area contributed by atoms with E-state index < -0.39 is 5.60 Å². The molecule has 1 aliphatic rings. The number of nitrogens with zero attached hydrogens (tertiary/aromatic N) is 1. The molecule has 0 saturated heterocycles. The van der Waals surface area contributed by atoms with Crippen LogP contribution >= 0.6 is 24.0 Å². The maximum Gasteiger partial charge on any atom is 0.191 e. The van der Waals surface area contributed by atoms with Crippen LogP contribution in [0.3, 0.4) is 0 Å². The Labute approximate surface area is 120 Å². The Hall–Kier alpha value is -0.0800. The summed E-state index contributed by atoms with van der Waals surface area (Å²) in [5.41, 5.74) is -0.552. The van der Waals surface area contributed by atoms with E-state index in [4.69, 9.17) is 4.74 Å². The van der Waals surface area contributed by atoms with Crippen LogP contribution in [0.5, 0.6) is 0 Å². The van der Waals surface area contributed by atoms with Crippen LogP contribution in [-0.2, 0) is 4.74 Å². The van der Waals surface area contributed by atoms with E-state index in [1.807, 2.05) is 6.92 Å². The minimum absolute atomic E-state index is 0. The van der Waals surface area contributed by atoms with Crippen molar-refractivity contribution in [2.45, 2.75) is 31.8 Å². The van der Waals surface area contributed by atoms with Crippen molar-refractivity contribution in [3.05, 3.63) is 0 Å². The molecular weight excluding hydrogens is 333 g/mol. The highest BCUT2D eigenvalue weighted by atomic mass is 127. The molecule has 1 rings (SSSR count). The summed E-state index contributed by atoms with van der Waals surface area (Å²) in [6.45, 7) is 4.69. The second-order valence-electron chi connectivity index (χ2n) is 4.19. The topological polar surface area (TPSA) is 65.9 Å². The minimum Gasteiger partial charge on any atom is -0.388 e. The Morgan fingerprint density at radius 1 is 1.41 bits per heavy atom. The molecule has 0 bridgehead atoms. The lowest BCUT2D eigenvalue weighted by Gasteiger charge is -2.35. The van der Waals surface area contributed by atoms with Crippen molar-refractivity contribution in [3.63, 3.8) is 0 Å². The maximum atomic E-state index is 9.91. The molecule has 6 heteroatoms. The fraction of sp³-hybridized carbons (Fsp3) is 0.909. The van der Waals surface area contributed by atoms with Gasteiger partial charge in [-0.25, -0.2) is 0 Å². The van der Waals surface area contributed by atoms with E-state index in [0.29, 0.717) is 13.2 Å². The standard InChI is InChI=1S/C11H23N3O2.HI/c1-3-12-10(13-7-8-16-2)14-9-11(15)5-4-6-11;/h15H,3-9H2,1-2H3,(H2,12,13,14);1H. The van der Waals surface area contributed by atoms with Crippen molar-refractivity contribution in [1.29, 1.82) is 0 Å². The summed E-state index contributed by atoms with van der Waals surface area (Å²) in [7, 11) is 1.67. The molecule has 0 aromatic rings. The van der Waals surface area contributed by atoms with Crippen molar-refractivity contribution in [2.75, 3.05) is 33.4 Å². The summed E-state index contributed by atoms with van der Waals surface area (Å²) in [6, 6.07) is 0. The third kappa shape index (κ3) is 6.42. The second-order valence-corrected chi connectivity index (χ2v) is 4.19. The van der Waals surface area contributed by atoms with Gasteiger partial charge in [-0.15, -0.1) is 24.0 Å². The van der Waals surface area contributed by atoms with Crippen molar-refractivity contribution < 1.29 is 9.84 Å². The largest absolute Gasteiger partial charge is 0.388 e. The summed E-state index contributed by atoms with van der Waals surface area (Å²) < 4.78 is 4.95. The third-order valence-electron chi connectivity index (χ3n) is 2.76. The number of hydrogen-bond acceptors (Lipinski definition) is 3. The van der Waals surface area contributed by atoms with Gasteiger partial charge in [-0.2, -0.15) is 0 Å². The van der Waals surface area contributed by atoms with Gasteiger partial charge in [0.1, 0.15) is 0 Å². The van der Waals surface area contributed by atoms with Crippen molar-refractivity contribution in [3.8, 4) is 0 Å². The number of rotatable bonds is 6. The van der Waals surface area contributed by atoms with Gasteiger partial charge in [0.05, 0.1) is 18.8 Å². The van der Waals surface area contributed by atoms with Gasteiger partial charge in [0.15, 0.2) is 5.96 Å². The second kappa shape index (κ2) is 8.93. The zero-order valence-electron chi connectivity index (χ0n) is 10.7. The highest BCUT2D eigenvalue weighted by molar-refractivity contribution is 14.0. The van der Waals surface area contributed by atoms with E-state index in [1.165, 1.54) is 0 Å². The first-order valence-electron chi connectivity index (χ1n) is 5.94. The molecule has 0 amide bonds. The predicted molar refractivity (Wildman–Crippen MR) is 80.1 cm³/mol. The van der Waals surface area contributed by atoms with E-state index in [2.05, 4.69) is 15.6 Å². The molecule has 0 aliphatic heterocycles. The molecule has 0 unspecified atom stereocenters. The summed E-state index contributed by atoms with van der Waals surface area (Å²) in [5, 5.41) is 16.2. The van der Waals surface area contributed by atoms with Gasteiger partial charge in [-0.1, -0.05) is 0 Å². The summed E-state index contributed by atoms with van der Waals surface area (Å²) in [6.07, 6.45) is 2.85. The summed E-state index contributed by atoms with van der Waals surface area (Å²) >= 11 is 0. The molecule has 0 radical (unpaired) electrons. The lowest BCUT2D eigenvalue weighted by Crippen LogP contribution is -2.43. The zero-order valence-corrected chi connectivity index (χ0v) is 13.0. The van der Waals surface area contributed by atoms with Gasteiger partial charge in [0, 0.05) is 20.2 Å². The molecule has 17 heavy (non-hydrogen) atoms. The van der Waals surface area contributed by atoms with Gasteiger partial charge < -0.3 is 20.5 Å². The van der Waals surface area contributed by atoms with Gasteiger partial charge in [0.2, 0.25) is 0 Å². The van der Waals surface area contributed by atoms with E-state index in [9.17, 15) is 5.11 Å². The molecular formula is C11H24IN3O2. The molecule has 0 aromatic heterocycles. The quantitative estimate of drug-likeness (QED) is 0.284. The smallest absolute Gasteiger partial charge is 0.191 e. The molecule has 3 N–H and O–H groups in total. The van der Waals surface area contributed by atoms with E-state index in [1.54, 1.807) is 7.11 Å². The van der Waals surface area contributed by atoms with Gasteiger partial charge in [-0.05, 0) is 26.2 Å². The fourth-order valence-corrected chi connectivity index (χ4v) is 1.58. The van der Waals surface area contributed by atoms with Crippen LogP contribution in [0.1, 0.15) is 26.2 Å². The number of aliphatic imine (C=N–C) groups is 1.